The Labute approximate surface area is 78.9 Å². The minimum absolute atomic E-state index is 0.531. The zero-order valence-electron chi connectivity index (χ0n) is 7.72. The molecule has 0 aromatic carbocycles. The van der Waals surface area contributed by atoms with Crippen molar-refractivity contribution >= 4 is 23.5 Å². The lowest BCUT2D eigenvalue weighted by Gasteiger charge is -2.28. The fourth-order valence-corrected chi connectivity index (χ4v) is 4.05. The molecular weight excluding hydrogens is 172 g/mol. The highest BCUT2D eigenvalue weighted by Gasteiger charge is 2.20. The van der Waals surface area contributed by atoms with Crippen molar-refractivity contribution in [2.75, 3.05) is 16.6 Å². The van der Waals surface area contributed by atoms with E-state index < -0.39 is 0 Å². The minimum atomic E-state index is 0.531. The second-order valence-electron chi connectivity index (χ2n) is 4.49. The third-order valence-corrected chi connectivity index (χ3v) is 4.52. The van der Waals surface area contributed by atoms with Crippen LogP contribution in [0.25, 0.3) is 0 Å². The topological polar surface area (TPSA) is 0 Å². The van der Waals surface area contributed by atoms with Crippen LogP contribution in [0.3, 0.4) is 0 Å². The summed E-state index contributed by atoms with van der Waals surface area (Å²) in [5.41, 5.74) is 0.531. The van der Waals surface area contributed by atoms with E-state index in [0.29, 0.717) is 5.41 Å². The van der Waals surface area contributed by atoms with Crippen LogP contribution in [0.4, 0.5) is 0 Å². The van der Waals surface area contributed by atoms with Crippen LogP contribution in [-0.4, -0.2) is 16.6 Å². The summed E-state index contributed by atoms with van der Waals surface area (Å²) >= 11 is 4.21. The van der Waals surface area contributed by atoms with Gasteiger partial charge in [-0.25, -0.2) is 0 Å². The second kappa shape index (κ2) is 4.08. The molecule has 0 N–H and O–H groups in total. The molecule has 0 atom stereocenters. The van der Waals surface area contributed by atoms with Crippen LogP contribution in [0.5, 0.6) is 0 Å². The van der Waals surface area contributed by atoms with E-state index >= 15 is 0 Å². The highest BCUT2D eigenvalue weighted by molar-refractivity contribution is 8.16. The maximum atomic E-state index is 2.34. The highest BCUT2D eigenvalue weighted by Crippen LogP contribution is 2.33. The third-order valence-electron chi connectivity index (χ3n) is 1.77. The van der Waals surface area contributed by atoms with Gasteiger partial charge in [0.05, 0.1) is 0 Å². The first kappa shape index (κ1) is 9.79. The summed E-state index contributed by atoms with van der Waals surface area (Å²) in [4.78, 5) is 0. The van der Waals surface area contributed by atoms with Crippen molar-refractivity contribution in [1.29, 1.82) is 0 Å². The molecule has 1 rings (SSSR count). The van der Waals surface area contributed by atoms with E-state index in [2.05, 4.69) is 44.3 Å². The van der Waals surface area contributed by atoms with Crippen LogP contribution >= 0.6 is 23.5 Å². The van der Waals surface area contributed by atoms with Gasteiger partial charge < -0.3 is 0 Å². The molecule has 0 aromatic rings. The molecule has 0 unspecified atom stereocenters. The van der Waals surface area contributed by atoms with Gasteiger partial charge in [0.1, 0.15) is 0 Å². The first-order valence-corrected chi connectivity index (χ1v) is 6.54. The van der Waals surface area contributed by atoms with Crippen molar-refractivity contribution in [2.45, 2.75) is 27.2 Å². The molecule has 1 heterocycles. The van der Waals surface area contributed by atoms with E-state index in [1.165, 1.54) is 23.0 Å². The fourth-order valence-electron chi connectivity index (χ4n) is 1.52. The number of thioether (sulfide) groups is 2. The summed E-state index contributed by atoms with van der Waals surface area (Å²) in [7, 11) is 0. The lowest BCUT2D eigenvalue weighted by atomic mass is 9.86. The molecule has 2 heteroatoms. The lowest BCUT2D eigenvalue weighted by molar-refractivity contribution is 0.326. The van der Waals surface area contributed by atoms with E-state index in [1.807, 2.05) is 0 Å². The zero-order chi connectivity index (χ0) is 8.32. The third kappa shape index (κ3) is 4.32. The van der Waals surface area contributed by atoms with Gasteiger partial charge in [-0.05, 0) is 29.3 Å². The van der Waals surface area contributed by atoms with E-state index in [0.717, 1.165) is 5.92 Å². The molecule has 1 fully saturated rings. The molecule has 66 valence electrons. The molecule has 0 amide bonds. The Morgan fingerprint density at radius 1 is 1.18 bits per heavy atom. The molecule has 0 spiro atoms. The largest absolute Gasteiger partial charge is 0.151 e. The molecule has 0 aromatic heterocycles. The van der Waals surface area contributed by atoms with Crippen molar-refractivity contribution in [3.63, 3.8) is 0 Å². The van der Waals surface area contributed by atoms with E-state index in [1.54, 1.807) is 0 Å². The first-order chi connectivity index (χ1) is 5.08. The average Bonchev–Trinajstić information content (AvgIpc) is 1.85. The second-order valence-corrected chi connectivity index (χ2v) is 6.92. The van der Waals surface area contributed by atoms with Crippen molar-refractivity contribution in [3.8, 4) is 0 Å². The van der Waals surface area contributed by atoms with Gasteiger partial charge >= 0.3 is 0 Å². The standard InChI is InChI=1S/C9H18S2/c1-9(2,3)4-8-5-10-7-11-6-8/h8H,4-7H2,1-3H3. The van der Waals surface area contributed by atoms with Gasteiger partial charge in [0.15, 0.2) is 0 Å². The molecule has 1 aliphatic heterocycles. The van der Waals surface area contributed by atoms with Gasteiger partial charge in [0.2, 0.25) is 0 Å². The molecule has 1 saturated heterocycles. The van der Waals surface area contributed by atoms with Crippen LogP contribution in [-0.2, 0) is 0 Å². The van der Waals surface area contributed by atoms with Gasteiger partial charge in [0, 0.05) is 5.08 Å². The highest BCUT2D eigenvalue weighted by atomic mass is 32.2. The van der Waals surface area contributed by atoms with Crippen LogP contribution in [0.2, 0.25) is 0 Å². The minimum Gasteiger partial charge on any atom is -0.151 e. The van der Waals surface area contributed by atoms with Crippen molar-refractivity contribution in [1.82, 2.24) is 0 Å². The maximum absolute atomic E-state index is 2.34. The van der Waals surface area contributed by atoms with Gasteiger partial charge in [-0.15, -0.1) is 0 Å². The zero-order valence-corrected chi connectivity index (χ0v) is 9.36. The monoisotopic (exact) mass is 190 g/mol. The van der Waals surface area contributed by atoms with Gasteiger partial charge in [-0.1, -0.05) is 20.8 Å². The lowest BCUT2D eigenvalue weighted by Crippen LogP contribution is -2.19. The molecule has 0 saturated carbocycles. The summed E-state index contributed by atoms with van der Waals surface area (Å²) in [6.45, 7) is 7.03. The van der Waals surface area contributed by atoms with Crippen LogP contribution in [0, 0.1) is 11.3 Å². The summed E-state index contributed by atoms with van der Waals surface area (Å²) in [5.74, 6) is 3.76. The fraction of sp³-hybridized carbons (Fsp3) is 1.00. The Morgan fingerprint density at radius 2 is 1.73 bits per heavy atom. The van der Waals surface area contributed by atoms with Crippen molar-refractivity contribution < 1.29 is 0 Å². The number of hydrogen-bond acceptors (Lipinski definition) is 2. The van der Waals surface area contributed by atoms with Crippen LogP contribution < -0.4 is 0 Å². The summed E-state index contributed by atoms with van der Waals surface area (Å²) in [6.07, 6.45) is 1.40. The Morgan fingerprint density at radius 3 is 2.18 bits per heavy atom. The molecule has 1 aliphatic rings. The van der Waals surface area contributed by atoms with E-state index in [-0.39, 0.29) is 0 Å². The Balaban J connectivity index is 2.24. The molecule has 0 radical (unpaired) electrons. The Kier molecular flexibility index (Phi) is 3.63. The predicted molar refractivity (Wildman–Crippen MR) is 57.3 cm³/mol. The van der Waals surface area contributed by atoms with Gasteiger partial charge in [-0.2, -0.15) is 23.5 Å². The average molecular weight is 190 g/mol. The molecule has 11 heavy (non-hydrogen) atoms. The van der Waals surface area contributed by atoms with Crippen LogP contribution in [0.1, 0.15) is 27.2 Å². The van der Waals surface area contributed by atoms with Crippen molar-refractivity contribution in [3.05, 3.63) is 0 Å². The number of rotatable bonds is 1. The molecular formula is C9H18S2. The molecule has 0 bridgehead atoms. The first-order valence-electron chi connectivity index (χ1n) is 4.23. The predicted octanol–water partition coefficient (Wildman–Crippen LogP) is 3.48. The van der Waals surface area contributed by atoms with Gasteiger partial charge in [-0.3, -0.25) is 0 Å². The van der Waals surface area contributed by atoms with E-state index in [9.17, 15) is 0 Å². The maximum Gasteiger partial charge on any atom is 0.0392 e. The summed E-state index contributed by atoms with van der Waals surface area (Å²) in [6, 6.07) is 0. The van der Waals surface area contributed by atoms with E-state index in [4.69, 9.17) is 0 Å². The normalized spacial score (nSPS) is 22.1. The van der Waals surface area contributed by atoms with Crippen molar-refractivity contribution in [2.24, 2.45) is 11.3 Å². The summed E-state index contributed by atoms with van der Waals surface area (Å²) < 4.78 is 0. The number of hydrogen-bond donors (Lipinski definition) is 0. The molecule has 0 nitrogen and oxygen atoms in total. The molecule has 0 aliphatic carbocycles. The SMILES string of the molecule is CC(C)(C)CC1CSCSC1. The smallest absolute Gasteiger partial charge is 0.0392 e. The Hall–Kier alpha value is 0.700. The van der Waals surface area contributed by atoms with Crippen LogP contribution in [0.15, 0.2) is 0 Å². The van der Waals surface area contributed by atoms with Gasteiger partial charge in [0.25, 0.3) is 0 Å². The summed E-state index contributed by atoms with van der Waals surface area (Å²) in [5, 5.41) is 1.32. The Bertz CT molecular complexity index is 109. The quantitative estimate of drug-likeness (QED) is 0.621.